The van der Waals surface area contributed by atoms with E-state index >= 15 is 0 Å². The van der Waals surface area contributed by atoms with E-state index in [1.165, 1.54) is 31.3 Å². The van der Waals surface area contributed by atoms with Gasteiger partial charge >= 0.3 is 5.97 Å². The maximum absolute atomic E-state index is 11.9. The third kappa shape index (κ3) is 5.32. The number of carbonyl (C=O) groups is 2. The zero-order valence-electron chi connectivity index (χ0n) is 14.2. The summed E-state index contributed by atoms with van der Waals surface area (Å²) in [6.45, 7) is -0.445. The van der Waals surface area contributed by atoms with Crippen LogP contribution in [0.4, 0.5) is 5.69 Å². The fourth-order valence-corrected chi connectivity index (χ4v) is 3.11. The molecule has 0 aliphatic carbocycles. The molecule has 7 nitrogen and oxygen atoms in total. The summed E-state index contributed by atoms with van der Waals surface area (Å²) in [6.07, 6.45) is 1.95. The van der Waals surface area contributed by atoms with Crippen LogP contribution < -0.4 is 10.0 Å². The van der Waals surface area contributed by atoms with Crippen LogP contribution in [0.5, 0.6) is 0 Å². The fraction of sp³-hybridized carbons (Fsp3) is 0.176. The van der Waals surface area contributed by atoms with E-state index in [1.807, 2.05) is 18.4 Å². The van der Waals surface area contributed by atoms with Crippen LogP contribution >= 0.6 is 11.8 Å². The highest BCUT2D eigenvalue weighted by molar-refractivity contribution is 7.98. The third-order valence-corrected chi connectivity index (χ3v) is 5.55. The van der Waals surface area contributed by atoms with Gasteiger partial charge in [-0.15, -0.1) is 11.8 Å². The molecule has 26 heavy (non-hydrogen) atoms. The van der Waals surface area contributed by atoms with E-state index < -0.39 is 28.5 Å². The largest absolute Gasteiger partial charge is 0.452 e. The number of amides is 1. The molecule has 2 rings (SSSR count). The molecule has 0 heterocycles. The predicted molar refractivity (Wildman–Crippen MR) is 99.8 cm³/mol. The van der Waals surface area contributed by atoms with Gasteiger partial charge in [0, 0.05) is 10.6 Å². The van der Waals surface area contributed by atoms with Gasteiger partial charge in [-0.1, -0.05) is 0 Å². The second-order valence-corrected chi connectivity index (χ2v) is 7.85. The lowest BCUT2D eigenvalue weighted by atomic mass is 10.2. The standard InChI is InChI=1S/C17H18N2O5S2/c1-18-26(22,23)15-9-3-12(4-10-15)17(21)24-11-16(20)19-13-5-7-14(25-2)8-6-13/h3-10,18H,11H2,1-2H3,(H,19,20). The summed E-state index contributed by atoms with van der Waals surface area (Å²) in [5.41, 5.74) is 0.752. The molecule has 2 aromatic carbocycles. The van der Waals surface area contributed by atoms with Crippen LogP contribution in [0.25, 0.3) is 0 Å². The van der Waals surface area contributed by atoms with Gasteiger partial charge in [-0.05, 0) is 61.8 Å². The highest BCUT2D eigenvalue weighted by atomic mass is 32.2. The number of ether oxygens (including phenoxy) is 1. The van der Waals surface area contributed by atoms with Crippen molar-refractivity contribution in [1.82, 2.24) is 4.72 Å². The van der Waals surface area contributed by atoms with Crippen LogP contribution in [0.15, 0.2) is 58.3 Å². The molecule has 0 aliphatic heterocycles. The zero-order valence-corrected chi connectivity index (χ0v) is 15.8. The Bertz CT molecular complexity index is 878. The summed E-state index contributed by atoms with van der Waals surface area (Å²) in [4.78, 5) is 24.9. The lowest BCUT2D eigenvalue weighted by molar-refractivity contribution is -0.119. The quantitative estimate of drug-likeness (QED) is 0.551. The number of thioether (sulfide) groups is 1. The zero-order chi connectivity index (χ0) is 19.2. The van der Waals surface area contributed by atoms with Crippen LogP contribution in [-0.4, -0.2) is 40.2 Å². The third-order valence-electron chi connectivity index (χ3n) is 3.38. The minimum absolute atomic E-state index is 0.0305. The van der Waals surface area contributed by atoms with Crippen molar-refractivity contribution < 1.29 is 22.7 Å². The summed E-state index contributed by atoms with van der Waals surface area (Å²) in [5, 5.41) is 2.62. The van der Waals surface area contributed by atoms with E-state index in [-0.39, 0.29) is 10.5 Å². The number of anilines is 1. The Morgan fingerprint density at radius 3 is 2.19 bits per heavy atom. The smallest absolute Gasteiger partial charge is 0.338 e. The minimum atomic E-state index is -3.57. The van der Waals surface area contributed by atoms with Crippen molar-refractivity contribution in [2.75, 3.05) is 25.2 Å². The molecule has 0 atom stereocenters. The highest BCUT2D eigenvalue weighted by Gasteiger charge is 2.14. The number of carbonyl (C=O) groups excluding carboxylic acids is 2. The van der Waals surface area contributed by atoms with Gasteiger partial charge in [0.05, 0.1) is 10.5 Å². The maximum Gasteiger partial charge on any atom is 0.338 e. The minimum Gasteiger partial charge on any atom is -0.452 e. The van der Waals surface area contributed by atoms with Crippen molar-refractivity contribution in [2.45, 2.75) is 9.79 Å². The molecule has 0 spiro atoms. The SMILES string of the molecule is CNS(=O)(=O)c1ccc(C(=O)OCC(=O)Nc2ccc(SC)cc2)cc1. The van der Waals surface area contributed by atoms with E-state index in [9.17, 15) is 18.0 Å². The molecule has 1 amide bonds. The first-order valence-corrected chi connectivity index (χ1v) is 10.2. The first-order chi connectivity index (χ1) is 12.4. The lowest BCUT2D eigenvalue weighted by Crippen LogP contribution is -2.21. The second-order valence-electron chi connectivity index (χ2n) is 5.08. The molecule has 9 heteroatoms. The van der Waals surface area contributed by atoms with Crippen molar-refractivity contribution in [2.24, 2.45) is 0 Å². The summed E-state index contributed by atoms with van der Waals surface area (Å²) >= 11 is 1.59. The van der Waals surface area contributed by atoms with E-state index in [0.29, 0.717) is 5.69 Å². The number of nitrogens with one attached hydrogen (secondary N) is 2. The van der Waals surface area contributed by atoms with Gasteiger partial charge < -0.3 is 10.1 Å². The van der Waals surface area contributed by atoms with Crippen molar-refractivity contribution in [3.8, 4) is 0 Å². The Balaban J connectivity index is 1.90. The van der Waals surface area contributed by atoms with Crippen LogP contribution in [0.3, 0.4) is 0 Å². The van der Waals surface area contributed by atoms with Gasteiger partial charge in [0.2, 0.25) is 10.0 Å². The predicted octanol–water partition coefficient (Wildman–Crippen LogP) is 2.11. The van der Waals surface area contributed by atoms with E-state index in [1.54, 1.807) is 23.9 Å². The topological polar surface area (TPSA) is 102 Å². The van der Waals surface area contributed by atoms with Crippen LogP contribution in [0.1, 0.15) is 10.4 Å². The molecule has 0 saturated heterocycles. The maximum atomic E-state index is 11.9. The first kappa shape index (κ1) is 20.0. The summed E-state index contributed by atoms with van der Waals surface area (Å²) in [5.74, 6) is -1.18. The van der Waals surface area contributed by atoms with Gasteiger partial charge in [0.15, 0.2) is 6.61 Å². The van der Waals surface area contributed by atoms with Gasteiger partial charge in [0.25, 0.3) is 5.91 Å². The highest BCUT2D eigenvalue weighted by Crippen LogP contribution is 2.17. The number of sulfonamides is 1. The number of hydrogen-bond donors (Lipinski definition) is 2. The molecule has 138 valence electrons. The Hall–Kier alpha value is -2.36. The Morgan fingerprint density at radius 2 is 1.65 bits per heavy atom. The molecule has 0 aromatic heterocycles. The first-order valence-electron chi connectivity index (χ1n) is 7.50. The Labute approximate surface area is 156 Å². The second kappa shape index (κ2) is 8.84. The molecule has 2 N–H and O–H groups in total. The van der Waals surface area contributed by atoms with Crippen molar-refractivity contribution in [1.29, 1.82) is 0 Å². The number of hydrogen-bond acceptors (Lipinski definition) is 6. The monoisotopic (exact) mass is 394 g/mol. The molecular formula is C17H18N2O5S2. The van der Waals surface area contributed by atoms with Gasteiger partial charge in [-0.2, -0.15) is 0 Å². The van der Waals surface area contributed by atoms with Gasteiger partial charge in [-0.25, -0.2) is 17.9 Å². The molecular weight excluding hydrogens is 376 g/mol. The number of rotatable bonds is 7. The molecule has 0 saturated carbocycles. The Kier molecular flexibility index (Phi) is 6.78. The fourth-order valence-electron chi connectivity index (χ4n) is 1.97. The average Bonchev–Trinajstić information content (AvgIpc) is 2.66. The molecule has 0 radical (unpaired) electrons. The van der Waals surface area contributed by atoms with Crippen LogP contribution in [0, 0.1) is 0 Å². The molecule has 0 fully saturated rings. The number of benzene rings is 2. The average molecular weight is 394 g/mol. The number of esters is 1. The molecule has 0 unspecified atom stereocenters. The van der Waals surface area contributed by atoms with Crippen LogP contribution in [0.2, 0.25) is 0 Å². The van der Waals surface area contributed by atoms with E-state index in [4.69, 9.17) is 4.74 Å². The molecule has 0 bridgehead atoms. The van der Waals surface area contributed by atoms with Crippen molar-refractivity contribution in [3.05, 3.63) is 54.1 Å². The Morgan fingerprint density at radius 1 is 1.04 bits per heavy atom. The van der Waals surface area contributed by atoms with E-state index in [0.717, 1.165) is 4.90 Å². The van der Waals surface area contributed by atoms with Crippen LogP contribution in [-0.2, 0) is 19.6 Å². The summed E-state index contributed by atoms with van der Waals surface area (Å²) < 4.78 is 30.4. The van der Waals surface area contributed by atoms with Crippen molar-refractivity contribution in [3.63, 3.8) is 0 Å². The molecule has 2 aromatic rings. The molecule has 0 aliphatic rings. The van der Waals surface area contributed by atoms with E-state index in [2.05, 4.69) is 10.0 Å². The summed E-state index contributed by atoms with van der Waals surface area (Å²) in [7, 11) is -2.28. The van der Waals surface area contributed by atoms with Crippen molar-refractivity contribution >= 4 is 39.3 Å². The van der Waals surface area contributed by atoms with Gasteiger partial charge in [0.1, 0.15) is 0 Å². The lowest BCUT2D eigenvalue weighted by Gasteiger charge is -2.08. The normalized spacial score (nSPS) is 11.0. The van der Waals surface area contributed by atoms with Gasteiger partial charge in [-0.3, -0.25) is 4.79 Å². The summed E-state index contributed by atoms with van der Waals surface area (Å²) in [6, 6.07) is 12.5.